The number of amides is 1. The first-order valence-corrected chi connectivity index (χ1v) is 12.7. The van der Waals surface area contributed by atoms with E-state index in [0.29, 0.717) is 35.8 Å². The van der Waals surface area contributed by atoms with Crippen molar-refractivity contribution in [2.75, 3.05) is 30.0 Å². The number of pyridine rings is 1. The summed E-state index contributed by atoms with van der Waals surface area (Å²) in [4.78, 5) is 20.7. The number of benzene rings is 1. The molecule has 2 bridgehead atoms. The van der Waals surface area contributed by atoms with Gasteiger partial charge in [-0.15, -0.1) is 0 Å². The van der Waals surface area contributed by atoms with E-state index in [1.165, 1.54) is 13.2 Å². The summed E-state index contributed by atoms with van der Waals surface area (Å²) in [6, 6.07) is 6.53. The van der Waals surface area contributed by atoms with Gasteiger partial charge in [-0.05, 0) is 0 Å². The van der Waals surface area contributed by atoms with Gasteiger partial charge >= 0.3 is 189 Å². The van der Waals surface area contributed by atoms with E-state index in [1.807, 2.05) is 6.07 Å². The Labute approximate surface area is 189 Å². The van der Waals surface area contributed by atoms with Crippen LogP contribution in [0.15, 0.2) is 36.7 Å². The monoisotopic (exact) mass is 535 g/mol. The Bertz CT molecular complexity index is 1150. The van der Waals surface area contributed by atoms with Crippen LogP contribution in [-0.2, 0) is 0 Å². The number of anilines is 2. The Morgan fingerprint density at radius 3 is 3.13 bits per heavy atom. The van der Waals surface area contributed by atoms with Crippen molar-refractivity contribution in [2.45, 2.75) is 10.3 Å². The Kier molecular flexibility index (Phi) is 5.43. The number of halogens is 2. The zero-order valence-corrected chi connectivity index (χ0v) is 19.0. The van der Waals surface area contributed by atoms with Gasteiger partial charge in [-0.25, -0.2) is 0 Å². The number of aromatic amines is 1. The number of aromatic nitrogens is 2. The number of para-hydroxylation sites is 1. The molecule has 7 nitrogen and oxygen atoms in total. The van der Waals surface area contributed by atoms with Crippen molar-refractivity contribution < 1.29 is 39.9 Å². The van der Waals surface area contributed by atoms with Crippen molar-refractivity contribution in [1.29, 1.82) is 0 Å². The fourth-order valence-electron chi connectivity index (χ4n) is 3.92. The summed E-state index contributed by atoms with van der Waals surface area (Å²) in [5.74, 6) is 0.113. The van der Waals surface area contributed by atoms with Gasteiger partial charge in [-0.3, -0.25) is 0 Å². The van der Waals surface area contributed by atoms with Crippen LogP contribution in [0.3, 0.4) is 0 Å². The molecule has 1 atom stereocenters. The number of hydrogen-bond acceptors (Lipinski definition) is 5. The zero-order valence-electron chi connectivity index (χ0n) is 16.8. The predicted molar refractivity (Wildman–Crippen MR) is 110 cm³/mol. The third-order valence-electron chi connectivity index (χ3n) is 5.33. The van der Waals surface area contributed by atoms with Gasteiger partial charge in [0, 0.05) is 0 Å². The summed E-state index contributed by atoms with van der Waals surface area (Å²) in [7, 11) is 1.42. The van der Waals surface area contributed by atoms with Crippen LogP contribution < -0.4 is 41.3 Å². The van der Waals surface area contributed by atoms with Crippen LogP contribution in [0.2, 0.25) is 0 Å². The fraction of sp³-hybridized carbons (Fsp3) is 0.273. The molecule has 2 aliphatic rings. The van der Waals surface area contributed by atoms with Crippen molar-refractivity contribution in [2.24, 2.45) is 0 Å². The minimum atomic E-state index is -0.478. The Morgan fingerprint density at radius 2 is 2.26 bits per heavy atom. The van der Waals surface area contributed by atoms with Crippen molar-refractivity contribution >= 4 is 17.3 Å². The second-order valence-electron chi connectivity index (χ2n) is 7.20. The standard InChI is InChI=1S/C22H21FIN4O3/c1-30-21-13(23)4-2-5-15(21)27-20-17-19-14(10-26-22(17)29)24-7-3-9-31-16-11-25-8-6-12(16)18(20)28-19/h2,4-6,8,11,14,27-28H,3,7,9-10H2,1H3,(H,26,29)/q-1. The number of carbonyl (C=O) groups excluding carboxylic acids is 1. The molecule has 4 heterocycles. The summed E-state index contributed by atoms with van der Waals surface area (Å²) in [6.07, 6.45) is 4.35. The van der Waals surface area contributed by atoms with Gasteiger partial charge in [0.1, 0.15) is 0 Å². The molecule has 2 aromatic heterocycles. The molecule has 0 spiro atoms. The van der Waals surface area contributed by atoms with Crippen LogP contribution in [0.1, 0.15) is 26.4 Å². The first-order chi connectivity index (χ1) is 15.2. The van der Waals surface area contributed by atoms with Gasteiger partial charge in [-0.1, -0.05) is 0 Å². The van der Waals surface area contributed by atoms with E-state index in [-0.39, 0.29) is 36.8 Å². The molecule has 3 N–H and O–H groups in total. The van der Waals surface area contributed by atoms with Gasteiger partial charge in [0.25, 0.3) is 0 Å². The van der Waals surface area contributed by atoms with Crippen LogP contribution in [0.25, 0.3) is 11.3 Å². The molecule has 0 radical (unpaired) electrons. The maximum absolute atomic E-state index is 14.3. The van der Waals surface area contributed by atoms with Gasteiger partial charge < -0.3 is 0 Å². The van der Waals surface area contributed by atoms with Crippen LogP contribution >= 0.6 is 0 Å². The second-order valence-corrected chi connectivity index (χ2v) is 10.7. The number of hydrogen-bond donors (Lipinski definition) is 3. The summed E-state index contributed by atoms with van der Waals surface area (Å²) in [6.45, 7) is 1.25. The van der Waals surface area contributed by atoms with Crippen LogP contribution in [0.5, 0.6) is 11.5 Å². The molecule has 0 saturated carbocycles. The summed E-state index contributed by atoms with van der Waals surface area (Å²) < 4.78 is 27.0. The van der Waals surface area contributed by atoms with E-state index in [4.69, 9.17) is 9.47 Å². The number of alkyl halides is 2. The average molecular weight is 535 g/mol. The molecular weight excluding hydrogens is 514 g/mol. The average Bonchev–Trinajstić information content (AvgIpc) is 3.13. The molecule has 2 aliphatic heterocycles. The third-order valence-corrected chi connectivity index (χ3v) is 8.84. The van der Waals surface area contributed by atoms with E-state index in [2.05, 4.69) is 20.6 Å². The number of ether oxygens (including phenoxy) is 2. The molecule has 1 amide bonds. The molecular formula is C22H21FIN4O3-. The fourth-order valence-corrected chi connectivity index (χ4v) is 6.86. The molecule has 3 aromatic rings. The molecule has 0 saturated heterocycles. The van der Waals surface area contributed by atoms with Gasteiger partial charge in [0.15, 0.2) is 0 Å². The van der Waals surface area contributed by atoms with Crippen LogP contribution in [0, 0.1) is 5.82 Å². The summed E-state index contributed by atoms with van der Waals surface area (Å²) in [5, 5.41) is 6.32. The Balaban J connectivity index is 1.74. The second kappa shape index (κ2) is 8.37. The third kappa shape index (κ3) is 3.60. The predicted octanol–water partition coefficient (Wildman–Crippen LogP) is 0.624. The molecule has 5 rings (SSSR count). The van der Waals surface area contributed by atoms with E-state index in [0.717, 1.165) is 27.8 Å². The normalized spacial score (nSPS) is 17.9. The first-order valence-electron chi connectivity index (χ1n) is 9.96. The molecule has 31 heavy (non-hydrogen) atoms. The summed E-state index contributed by atoms with van der Waals surface area (Å²) in [5.41, 5.74) is 4.06. The Morgan fingerprint density at radius 1 is 1.35 bits per heavy atom. The Hall–Kier alpha value is -2.82. The van der Waals surface area contributed by atoms with E-state index >= 15 is 0 Å². The number of H-pyrrole nitrogens is 1. The molecule has 0 fully saturated rings. The minimum absolute atomic E-state index is 0.0934. The topological polar surface area (TPSA) is 88.3 Å². The molecule has 1 unspecified atom stereocenters. The number of fused-ring (bicyclic) bond motifs is 3. The van der Waals surface area contributed by atoms with E-state index in [9.17, 15) is 9.18 Å². The molecule has 1 aromatic carbocycles. The molecule has 0 aliphatic carbocycles. The van der Waals surface area contributed by atoms with Gasteiger partial charge in [0.05, 0.1) is 0 Å². The van der Waals surface area contributed by atoms with Gasteiger partial charge in [0.2, 0.25) is 0 Å². The van der Waals surface area contributed by atoms with Crippen LogP contribution in [-0.4, -0.2) is 40.6 Å². The van der Waals surface area contributed by atoms with Gasteiger partial charge in [-0.2, -0.15) is 0 Å². The van der Waals surface area contributed by atoms with Crippen molar-refractivity contribution in [3.63, 3.8) is 0 Å². The molecule has 162 valence electrons. The van der Waals surface area contributed by atoms with E-state index in [1.54, 1.807) is 24.5 Å². The number of carbonyl (C=O) groups is 1. The molecule has 9 heteroatoms. The van der Waals surface area contributed by atoms with Crippen molar-refractivity contribution in [3.05, 3.63) is 53.7 Å². The van der Waals surface area contributed by atoms with Crippen LogP contribution in [0.4, 0.5) is 15.8 Å². The van der Waals surface area contributed by atoms with E-state index < -0.39 is 5.82 Å². The SMILES string of the molecule is COc1c(F)cccc1Nc1c2[nH]c3c1C(=O)NCC3[I-]CCCOc1cnccc1-2. The van der Waals surface area contributed by atoms with Crippen molar-refractivity contribution in [3.8, 4) is 22.8 Å². The summed E-state index contributed by atoms with van der Waals surface area (Å²) >= 11 is -0.195. The van der Waals surface area contributed by atoms with Crippen molar-refractivity contribution in [1.82, 2.24) is 15.3 Å². The first kappa shape index (κ1) is 20.1. The number of methoxy groups -OCH3 is 1. The zero-order chi connectivity index (χ0) is 21.4. The number of nitrogens with one attached hydrogen (secondary N) is 3. The number of nitrogens with zero attached hydrogens (tertiary/aromatic N) is 1. The quantitative estimate of drug-likeness (QED) is 0.339. The maximum atomic E-state index is 14.3. The number of rotatable bonds is 3.